The molecular weight excluding hydrogens is 765 g/mol. The Kier molecular flexibility index (Phi) is 13.0. The van der Waals surface area contributed by atoms with Crippen LogP contribution in [0.4, 0.5) is 9.59 Å². The fourth-order valence-corrected chi connectivity index (χ4v) is 7.91. The summed E-state index contributed by atoms with van der Waals surface area (Å²) >= 11 is 0. The summed E-state index contributed by atoms with van der Waals surface area (Å²) in [5, 5.41) is 5.90. The van der Waals surface area contributed by atoms with Gasteiger partial charge in [0.2, 0.25) is 0 Å². The van der Waals surface area contributed by atoms with Gasteiger partial charge in [0.05, 0.1) is 0 Å². The van der Waals surface area contributed by atoms with Crippen LogP contribution in [0.2, 0.25) is 0 Å². The normalized spacial score (nSPS) is 10.8. The van der Waals surface area contributed by atoms with Crippen LogP contribution in [0, 0.1) is 0 Å². The quantitative estimate of drug-likeness (QED) is 0.122. The average Bonchev–Trinajstić information content (AvgIpc) is 3.33. The number of hydrogen-bond donors (Lipinski definition) is 2. The summed E-state index contributed by atoms with van der Waals surface area (Å²) in [7, 11) is 0. The van der Waals surface area contributed by atoms with Gasteiger partial charge < -0.3 is 20.1 Å². The largest absolute Gasteiger partial charge is 0.412 e. The molecule has 8 aromatic rings. The zero-order chi connectivity index (χ0) is 42.7. The summed E-state index contributed by atoms with van der Waals surface area (Å²) in [5.41, 5.74) is 11.9. The van der Waals surface area contributed by atoms with Crippen LogP contribution in [-0.4, -0.2) is 25.3 Å². The van der Waals surface area contributed by atoms with Crippen LogP contribution in [0.1, 0.15) is 26.7 Å². The third-order valence-corrected chi connectivity index (χ3v) is 10.7. The Morgan fingerprint density at radius 2 is 0.613 bits per heavy atom. The molecule has 8 aromatic carbocycles. The van der Waals surface area contributed by atoms with Gasteiger partial charge in [0, 0.05) is 46.5 Å². The molecule has 2 N–H and O–H groups in total. The minimum atomic E-state index is -0.529. The van der Waals surface area contributed by atoms with Crippen LogP contribution >= 0.6 is 0 Å². The van der Waals surface area contributed by atoms with Crippen molar-refractivity contribution >= 4 is 12.2 Å². The topological polar surface area (TPSA) is 76.7 Å². The number of ether oxygens (including phenoxy) is 2. The van der Waals surface area contributed by atoms with Crippen LogP contribution in [0.3, 0.4) is 0 Å². The molecule has 0 saturated heterocycles. The number of carbonyl (C=O) groups excluding carboxylic acids is 2. The van der Waals surface area contributed by atoms with Gasteiger partial charge in [-0.05, 0) is 69.5 Å². The fraction of sp³-hybridized carbons (Fsp3) is 0.107. The Morgan fingerprint density at radius 1 is 0.355 bits per heavy atom. The molecule has 0 bridgehead atoms. The van der Waals surface area contributed by atoms with E-state index < -0.39 is 12.2 Å². The maximum Gasteiger partial charge on any atom is 0.412 e. The van der Waals surface area contributed by atoms with E-state index in [2.05, 4.69) is 71.3 Å². The molecular formula is C56H48N2O4. The van der Waals surface area contributed by atoms with Crippen LogP contribution in [0.25, 0.3) is 77.9 Å². The second-order valence-corrected chi connectivity index (χ2v) is 14.9. The van der Waals surface area contributed by atoms with Gasteiger partial charge in [0.1, 0.15) is 11.5 Å². The molecule has 306 valence electrons. The number of nitrogens with one attached hydrogen (secondary N) is 2. The van der Waals surface area contributed by atoms with Crippen LogP contribution in [-0.2, 0) is 0 Å². The summed E-state index contributed by atoms with van der Waals surface area (Å²) in [6, 6.07) is 65.2. The van der Waals surface area contributed by atoms with Crippen molar-refractivity contribution in [1.29, 1.82) is 0 Å². The zero-order valence-electron chi connectivity index (χ0n) is 34.9. The lowest BCUT2D eigenvalue weighted by Crippen LogP contribution is -2.28. The van der Waals surface area contributed by atoms with Crippen LogP contribution in [0.5, 0.6) is 11.5 Å². The standard InChI is InChI=1S/C56H48N2O4/c1-3-35-57-55(59)61-53-45(39-23-11-5-12-24-39)37-47(49(41-27-15-7-16-28-41)51(53)43-31-19-9-20-32-43)48-38-46(40-25-13-6-14-26-40)54(62-56(60)58-36-4-2)52(44-33-21-10-22-34-44)50(48)42-29-17-8-18-30-42/h5-34,37-38H,3-4,35-36H2,1-2H3,(H,57,59)(H,58,60). The molecule has 0 aliphatic rings. The smallest absolute Gasteiger partial charge is 0.409 e. The predicted octanol–water partition coefficient (Wildman–Crippen LogP) is 14.4. The molecule has 0 aliphatic carbocycles. The van der Waals surface area contributed by atoms with Gasteiger partial charge >= 0.3 is 12.2 Å². The maximum absolute atomic E-state index is 13.8. The average molecular weight is 813 g/mol. The first kappa shape index (κ1) is 41.1. The first-order valence-electron chi connectivity index (χ1n) is 21.2. The van der Waals surface area contributed by atoms with Gasteiger partial charge in [-0.3, -0.25) is 0 Å². The van der Waals surface area contributed by atoms with Crippen LogP contribution < -0.4 is 20.1 Å². The number of carbonyl (C=O) groups is 2. The highest BCUT2D eigenvalue weighted by Crippen LogP contribution is 2.56. The maximum atomic E-state index is 13.8. The molecule has 0 atom stereocenters. The fourth-order valence-electron chi connectivity index (χ4n) is 7.91. The Balaban J connectivity index is 1.61. The van der Waals surface area contributed by atoms with Gasteiger partial charge in [-0.25, -0.2) is 9.59 Å². The summed E-state index contributed by atoms with van der Waals surface area (Å²) < 4.78 is 13.0. The van der Waals surface area contributed by atoms with Gasteiger partial charge in [-0.15, -0.1) is 0 Å². The highest BCUT2D eigenvalue weighted by atomic mass is 16.6. The first-order valence-corrected chi connectivity index (χ1v) is 21.2. The zero-order valence-corrected chi connectivity index (χ0v) is 34.9. The van der Waals surface area contributed by atoms with Crippen molar-refractivity contribution < 1.29 is 19.1 Å². The lowest BCUT2D eigenvalue weighted by molar-refractivity contribution is 0.200. The van der Waals surface area contributed by atoms with E-state index in [1.165, 1.54) is 0 Å². The molecule has 0 heterocycles. The second kappa shape index (κ2) is 19.6. The van der Waals surface area contributed by atoms with E-state index in [1.54, 1.807) is 0 Å². The number of rotatable bonds is 13. The predicted molar refractivity (Wildman–Crippen MR) is 253 cm³/mol. The van der Waals surface area contributed by atoms with Crippen molar-refractivity contribution in [2.75, 3.05) is 13.1 Å². The van der Waals surface area contributed by atoms with Crippen molar-refractivity contribution in [3.63, 3.8) is 0 Å². The molecule has 62 heavy (non-hydrogen) atoms. The molecule has 8 rings (SSSR count). The SMILES string of the molecule is CCCNC(=O)Oc1c(-c2ccccc2)cc(-c2cc(-c3ccccc3)c(OC(=O)NCCC)c(-c3ccccc3)c2-c2ccccc2)c(-c2ccccc2)c1-c1ccccc1. The summed E-state index contributed by atoms with van der Waals surface area (Å²) in [6.07, 6.45) is 0.462. The van der Waals surface area contributed by atoms with Gasteiger partial charge in [-0.1, -0.05) is 196 Å². The minimum Gasteiger partial charge on any atom is -0.409 e. The number of amides is 2. The molecule has 0 fully saturated rings. The number of hydrogen-bond acceptors (Lipinski definition) is 4. The molecule has 6 heteroatoms. The third-order valence-electron chi connectivity index (χ3n) is 10.7. The molecule has 6 nitrogen and oxygen atoms in total. The van der Waals surface area contributed by atoms with E-state index in [0.29, 0.717) is 24.6 Å². The van der Waals surface area contributed by atoms with Crippen molar-refractivity contribution in [2.24, 2.45) is 0 Å². The lowest BCUT2D eigenvalue weighted by atomic mass is 9.78. The lowest BCUT2D eigenvalue weighted by Gasteiger charge is -2.27. The Morgan fingerprint density at radius 3 is 0.887 bits per heavy atom. The second-order valence-electron chi connectivity index (χ2n) is 14.9. The van der Waals surface area contributed by atoms with Crippen molar-refractivity contribution in [3.05, 3.63) is 194 Å². The first-order chi connectivity index (χ1) is 30.6. The third kappa shape index (κ3) is 8.91. The van der Waals surface area contributed by atoms with E-state index in [9.17, 15) is 9.59 Å². The van der Waals surface area contributed by atoms with E-state index in [0.717, 1.165) is 90.7 Å². The van der Waals surface area contributed by atoms with Gasteiger partial charge in [-0.2, -0.15) is 0 Å². The molecule has 0 radical (unpaired) electrons. The van der Waals surface area contributed by atoms with Crippen molar-refractivity contribution in [1.82, 2.24) is 10.6 Å². The molecule has 0 aromatic heterocycles. The van der Waals surface area contributed by atoms with E-state index in [-0.39, 0.29) is 0 Å². The van der Waals surface area contributed by atoms with Crippen molar-refractivity contribution in [3.8, 4) is 89.4 Å². The highest BCUT2D eigenvalue weighted by Gasteiger charge is 2.30. The molecule has 2 amide bonds. The summed E-state index contributed by atoms with van der Waals surface area (Å²) in [6.45, 7) is 4.97. The molecule has 0 aliphatic heterocycles. The van der Waals surface area contributed by atoms with Gasteiger partial charge in [0.15, 0.2) is 0 Å². The monoisotopic (exact) mass is 812 g/mol. The molecule has 0 unspecified atom stereocenters. The van der Waals surface area contributed by atoms with Crippen LogP contribution in [0.15, 0.2) is 194 Å². The van der Waals surface area contributed by atoms with E-state index >= 15 is 0 Å². The summed E-state index contributed by atoms with van der Waals surface area (Å²) in [5.74, 6) is 0.887. The minimum absolute atomic E-state index is 0.444. The highest BCUT2D eigenvalue weighted by molar-refractivity contribution is 6.09. The van der Waals surface area contributed by atoms with E-state index in [4.69, 9.17) is 9.47 Å². The Bertz CT molecular complexity index is 2570. The molecule has 0 spiro atoms. The van der Waals surface area contributed by atoms with Crippen molar-refractivity contribution in [2.45, 2.75) is 26.7 Å². The van der Waals surface area contributed by atoms with Gasteiger partial charge in [0.25, 0.3) is 0 Å². The Hall–Kier alpha value is -7.70. The summed E-state index contributed by atoms with van der Waals surface area (Å²) in [4.78, 5) is 27.6. The van der Waals surface area contributed by atoms with E-state index in [1.807, 2.05) is 147 Å². The number of benzene rings is 8. The Labute approximate surface area is 363 Å². The molecule has 0 saturated carbocycles.